The second kappa shape index (κ2) is 24.7. The highest BCUT2D eigenvalue weighted by atomic mass is 16.7. The second-order valence-electron chi connectivity index (χ2n) is 19.8. The number of Topliss-reactive ketones (excluding diaryl/α,β-unsaturated/α-hetero) is 3. The Morgan fingerprint density at radius 1 is 0.868 bits per heavy atom. The minimum atomic E-state index is -2.54. The smallest absolute Gasteiger partial charge is 0.329 e. The van der Waals surface area contributed by atoms with Crippen molar-refractivity contribution in [1.29, 1.82) is 0 Å². The summed E-state index contributed by atoms with van der Waals surface area (Å²) < 4.78 is 40.9. The first-order chi connectivity index (χ1) is 32.3. The monoisotopic (exact) mass is 956 g/mol. The molecule has 14 atom stereocenters. The van der Waals surface area contributed by atoms with E-state index in [1.165, 1.54) is 28.4 Å². The number of cyclic esters (lactones) is 1. The number of hydrogen-bond acceptors (Lipinski definition) is 15. The standard InChI is InChI=1S/C52H77NO15/c1-11-35-19-29(2)18-30(3)20-45(64-9)48-46(65-10)22-32(5)52(61,68-48)49(58)50(59)53-17-13-12-14-39(53)51(60)67-47(33(6)40(54)27-41(35)55)31(4)21-34-15-16-44(42(56)23-34)66-28-43(57)36-24-37(62-7)26-38(25-36)63-8/h19,21,24-26,30,32-35,39-40,42,44-48,54,56,61H,11-18,20,22-23,27-28H2,1-10H3. The number of rotatable bonds is 11. The number of ketones is 3. The van der Waals surface area contributed by atoms with Crippen molar-refractivity contribution in [3.63, 3.8) is 0 Å². The number of esters is 1. The number of amides is 1. The largest absolute Gasteiger partial charge is 0.497 e. The molecule has 3 heterocycles. The van der Waals surface area contributed by atoms with Gasteiger partial charge in [0, 0.05) is 56.6 Å². The maximum atomic E-state index is 14.5. The lowest BCUT2D eigenvalue weighted by Crippen LogP contribution is -2.64. The van der Waals surface area contributed by atoms with E-state index in [2.05, 4.69) is 0 Å². The zero-order chi connectivity index (χ0) is 50.0. The van der Waals surface area contributed by atoms with Crippen molar-refractivity contribution in [3.8, 4) is 11.5 Å². The molecule has 2 saturated heterocycles. The Kier molecular flexibility index (Phi) is 19.9. The third-order valence-corrected chi connectivity index (χ3v) is 14.7. The van der Waals surface area contributed by atoms with Crippen molar-refractivity contribution in [1.82, 2.24) is 4.90 Å². The Morgan fingerprint density at radius 2 is 1.53 bits per heavy atom. The van der Waals surface area contributed by atoms with E-state index in [0.29, 0.717) is 67.6 Å². The van der Waals surface area contributed by atoms with Crippen molar-refractivity contribution in [2.45, 2.75) is 167 Å². The van der Waals surface area contributed by atoms with Crippen LogP contribution in [0.2, 0.25) is 0 Å². The van der Waals surface area contributed by atoms with Crippen LogP contribution in [-0.4, -0.2) is 146 Å². The van der Waals surface area contributed by atoms with Gasteiger partial charge in [-0.15, -0.1) is 0 Å². The molecule has 3 N–H and O–H groups in total. The predicted molar refractivity (Wildman–Crippen MR) is 251 cm³/mol. The maximum Gasteiger partial charge on any atom is 0.329 e. The third-order valence-electron chi connectivity index (χ3n) is 14.7. The molecule has 380 valence electrons. The van der Waals surface area contributed by atoms with Gasteiger partial charge < -0.3 is 53.4 Å². The third kappa shape index (κ3) is 13.2. The summed E-state index contributed by atoms with van der Waals surface area (Å²) in [4.78, 5) is 71.4. The van der Waals surface area contributed by atoms with Gasteiger partial charge in [-0.25, -0.2) is 4.79 Å². The van der Waals surface area contributed by atoms with Crippen LogP contribution in [0.3, 0.4) is 0 Å². The van der Waals surface area contributed by atoms with Gasteiger partial charge in [0.2, 0.25) is 5.79 Å². The van der Waals surface area contributed by atoms with Gasteiger partial charge in [0.25, 0.3) is 11.7 Å². The number of carbonyl (C=O) groups is 5. The Morgan fingerprint density at radius 3 is 2.15 bits per heavy atom. The van der Waals surface area contributed by atoms with Crippen LogP contribution in [-0.2, 0) is 42.9 Å². The first kappa shape index (κ1) is 54.9. The number of ether oxygens (including phenoxy) is 7. The summed E-state index contributed by atoms with van der Waals surface area (Å²) in [6.45, 7) is 10.8. The van der Waals surface area contributed by atoms with Crippen LogP contribution in [0.1, 0.15) is 123 Å². The first-order valence-electron chi connectivity index (χ1n) is 24.4. The number of aliphatic hydroxyl groups is 3. The molecule has 0 aromatic heterocycles. The van der Waals surface area contributed by atoms with E-state index in [0.717, 1.165) is 10.5 Å². The fourth-order valence-corrected chi connectivity index (χ4v) is 10.6. The van der Waals surface area contributed by atoms with Gasteiger partial charge in [-0.2, -0.15) is 0 Å². The van der Waals surface area contributed by atoms with Gasteiger partial charge in [0.05, 0.1) is 44.7 Å². The Labute approximate surface area is 402 Å². The van der Waals surface area contributed by atoms with E-state index in [-0.39, 0.29) is 62.2 Å². The van der Waals surface area contributed by atoms with E-state index in [4.69, 9.17) is 33.2 Å². The van der Waals surface area contributed by atoms with E-state index >= 15 is 0 Å². The highest BCUT2D eigenvalue weighted by Crippen LogP contribution is 2.39. The molecule has 1 aromatic carbocycles. The minimum absolute atomic E-state index is 0.00451. The van der Waals surface area contributed by atoms with Crippen LogP contribution in [0, 0.1) is 29.6 Å². The number of allylic oxidation sites excluding steroid dienone is 3. The molecule has 0 spiro atoms. The number of nitrogens with zero attached hydrogens (tertiary/aromatic N) is 1. The van der Waals surface area contributed by atoms with Crippen molar-refractivity contribution >= 4 is 29.2 Å². The first-order valence-corrected chi connectivity index (χ1v) is 24.4. The Hall–Kier alpha value is -4.03. The van der Waals surface area contributed by atoms with Gasteiger partial charge in [-0.3, -0.25) is 19.2 Å². The number of aliphatic hydroxyl groups excluding tert-OH is 2. The van der Waals surface area contributed by atoms with Gasteiger partial charge in [-0.05, 0) is 108 Å². The average molecular weight is 956 g/mol. The number of hydrogen-bond donors (Lipinski definition) is 3. The van der Waals surface area contributed by atoms with Crippen LogP contribution in [0.15, 0.2) is 41.5 Å². The van der Waals surface area contributed by atoms with E-state index in [1.807, 2.05) is 32.9 Å². The highest BCUT2D eigenvalue weighted by Gasteiger charge is 2.56. The molecular formula is C52H77NO15. The predicted octanol–water partition coefficient (Wildman–Crippen LogP) is 5.74. The summed E-state index contributed by atoms with van der Waals surface area (Å²) in [7, 11) is 6.03. The molecule has 3 aliphatic heterocycles. The highest BCUT2D eigenvalue weighted by molar-refractivity contribution is 6.39. The van der Waals surface area contributed by atoms with Crippen molar-refractivity contribution < 1.29 is 72.5 Å². The number of carbonyl (C=O) groups excluding carboxylic acids is 5. The van der Waals surface area contributed by atoms with Gasteiger partial charge in [0.15, 0.2) is 5.78 Å². The molecule has 14 unspecified atom stereocenters. The zero-order valence-electron chi connectivity index (χ0n) is 41.8. The molecule has 3 fully saturated rings. The average Bonchev–Trinajstić information content (AvgIpc) is 3.32. The van der Waals surface area contributed by atoms with E-state index in [9.17, 15) is 39.3 Å². The zero-order valence-corrected chi connectivity index (χ0v) is 41.8. The fraction of sp³-hybridized carbons (Fsp3) is 0.712. The summed E-state index contributed by atoms with van der Waals surface area (Å²) >= 11 is 0. The SMILES string of the molecule is CCC1C=C(C)CC(C)CC(OC)C2OC(O)(C(=O)C(=O)N3CCCCC3C(=O)OC(C(C)=CC3CCC(OCC(=O)c4cc(OC)cc(OC)c4)C(O)C3)C(C)C(O)CC1=O)C(C)CC2OC. The van der Waals surface area contributed by atoms with Gasteiger partial charge in [-0.1, -0.05) is 45.4 Å². The molecule has 5 rings (SSSR count). The quantitative estimate of drug-likeness (QED) is 0.104. The van der Waals surface area contributed by atoms with Crippen LogP contribution >= 0.6 is 0 Å². The molecule has 16 nitrogen and oxygen atoms in total. The molecule has 68 heavy (non-hydrogen) atoms. The minimum Gasteiger partial charge on any atom is -0.497 e. The molecule has 1 aliphatic carbocycles. The molecule has 0 radical (unpaired) electrons. The molecular weight excluding hydrogens is 879 g/mol. The van der Waals surface area contributed by atoms with Crippen molar-refractivity contribution in [2.75, 3.05) is 41.6 Å². The second-order valence-corrected chi connectivity index (χ2v) is 19.8. The molecule has 1 saturated carbocycles. The molecule has 2 bridgehead atoms. The van der Waals surface area contributed by atoms with E-state index < -0.39 is 90.0 Å². The topological polar surface area (TPSA) is 214 Å². The lowest BCUT2D eigenvalue weighted by Gasteiger charge is -2.47. The number of methoxy groups -OCH3 is 4. The normalized spacial score (nSPS) is 35.4. The van der Waals surface area contributed by atoms with Crippen LogP contribution in [0.5, 0.6) is 11.5 Å². The fourth-order valence-electron chi connectivity index (χ4n) is 10.6. The number of fused-ring (bicyclic) bond motifs is 3. The maximum absolute atomic E-state index is 14.5. The summed E-state index contributed by atoms with van der Waals surface area (Å²) in [6.07, 6.45) is 1.92. The van der Waals surface area contributed by atoms with Gasteiger partial charge >= 0.3 is 5.97 Å². The lowest BCUT2D eigenvalue weighted by atomic mass is 9.81. The van der Waals surface area contributed by atoms with Crippen LogP contribution in [0.25, 0.3) is 0 Å². The van der Waals surface area contributed by atoms with Gasteiger partial charge in [0.1, 0.15) is 42.1 Å². The summed E-state index contributed by atoms with van der Waals surface area (Å²) in [6, 6.07) is 3.66. The lowest BCUT2D eigenvalue weighted by molar-refractivity contribution is -0.302. The van der Waals surface area contributed by atoms with Crippen molar-refractivity contribution in [3.05, 3.63) is 47.1 Å². The number of piperidine rings is 1. The van der Waals surface area contributed by atoms with Crippen molar-refractivity contribution in [2.24, 2.45) is 29.6 Å². The molecule has 16 heteroatoms. The number of benzene rings is 1. The summed E-state index contributed by atoms with van der Waals surface area (Å²) in [5, 5.41) is 35.2. The Bertz CT molecular complexity index is 1960. The van der Waals surface area contributed by atoms with E-state index in [1.54, 1.807) is 39.0 Å². The molecule has 4 aliphatic rings. The molecule has 1 aromatic rings. The van der Waals surface area contributed by atoms with Crippen LogP contribution < -0.4 is 9.47 Å². The Balaban J connectivity index is 1.42. The van der Waals surface area contributed by atoms with Crippen LogP contribution in [0.4, 0.5) is 0 Å². The summed E-state index contributed by atoms with van der Waals surface area (Å²) in [5.41, 5.74) is 1.88. The molecule has 1 amide bonds. The summed E-state index contributed by atoms with van der Waals surface area (Å²) in [5.74, 6) is -7.49.